The van der Waals surface area contributed by atoms with Crippen molar-refractivity contribution in [3.8, 4) is 5.75 Å². The van der Waals surface area contributed by atoms with Crippen LogP contribution in [0.3, 0.4) is 0 Å². The van der Waals surface area contributed by atoms with Crippen molar-refractivity contribution in [1.29, 1.82) is 0 Å². The predicted molar refractivity (Wildman–Crippen MR) is 92.0 cm³/mol. The predicted octanol–water partition coefficient (Wildman–Crippen LogP) is 5.55. The van der Waals surface area contributed by atoms with Crippen molar-refractivity contribution in [1.82, 2.24) is 0 Å². The summed E-state index contributed by atoms with van der Waals surface area (Å²) in [5.41, 5.74) is 2.31. The van der Waals surface area contributed by atoms with Crippen LogP contribution in [0.5, 0.6) is 5.75 Å². The van der Waals surface area contributed by atoms with Crippen LogP contribution in [0, 0.1) is 0 Å². The van der Waals surface area contributed by atoms with E-state index in [1.165, 1.54) is 16.3 Å². The Labute approximate surface area is 130 Å². The van der Waals surface area contributed by atoms with Gasteiger partial charge in [-0.05, 0) is 29.0 Å². The van der Waals surface area contributed by atoms with Gasteiger partial charge in [0, 0.05) is 16.5 Å². The molecule has 1 aliphatic heterocycles. The van der Waals surface area contributed by atoms with Gasteiger partial charge in [0.25, 0.3) is 0 Å². The topological polar surface area (TPSA) is 9.23 Å². The number of allylic oxidation sites excluding steroid dienone is 1. The molecule has 0 fully saturated rings. The highest BCUT2D eigenvalue weighted by atomic mass is 16.5. The first kappa shape index (κ1) is 13.1. The Bertz CT molecular complexity index is 873. The van der Waals surface area contributed by atoms with Gasteiger partial charge in [-0.25, -0.2) is 0 Å². The van der Waals surface area contributed by atoms with Gasteiger partial charge in [-0.2, -0.15) is 0 Å². The third-order valence-corrected chi connectivity index (χ3v) is 4.31. The van der Waals surface area contributed by atoms with Crippen LogP contribution < -0.4 is 4.74 Å². The molecular weight excluding hydrogens is 268 g/mol. The molecule has 1 nitrogen and oxygen atoms in total. The summed E-state index contributed by atoms with van der Waals surface area (Å²) in [6, 6.07) is 23.1. The molecule has 108 valence electrons. The molecule has 0 atom stereocenters. The van der Waals surface area contributed by atoms with Gasteiger partial charge in [0.05, 0.1) is 0 Å². The van der Waals surface area contributed by atoms with Crippen LogP contribution in [0.2, 0.25) is 0 Å². The van der Waals surface area contributed by atoms with Crippen molar-refractivity contribution in [2.45, 2.75) is 19.3 Å². The molecular formula is C21H18O. The molecule has 0 unspecified atom stereocenters. The van der Waals surface area contributed by atoms with E-state index < -0.39 is 0 Å². The Kier molecular flexibility index (Phi) is 2.83. The second-order valence-electron chi connectivity index (χ2n) is 6.39. The lowest BCUT2D eigenvalue weighted by Crippen LogP contribution is -2.21. The van der Waals surface area contributed by atoms with E-state index in [1.807, 2.05) is 18.2 Å². The minimum Gasteiger partial charge on any atom is -0.457 e. The second-order valence-corrected chi connectivity index (χ2v) is 6.39. The van der Waals surface area contributed by atoms with Crippen molar-refractivity contribution in [2.24, 2.45) is 0 Å². The molecule has 0 aliphatic carbocycles. The second kappa shape index (κ2) is 4.74. The van der Waals surface area contributed by atoms with E-state index in [4.69, 9.17) is 4.74 Å². The number of rotatable bonds is 1. The maximum absolute atomic E-state index is 6.22. The van der Waals surface area contributed by atoms with E-state index in [0.29, 0.717) is 0 Å². The molecule has 0 radical (unpaired) electrons. The third kappa shape index (κ3) is 2.10. The fourth-order valence-corrected chi connectivity index (χ4v) is 3.11. The molecule has 1 heterocycles. The van der Waals surface area contributed by atoms with Crippen LogP contribution in [0.15, 0.2) is 72.8 Å². The summed E-state index contributed by atoms with van der Waals surface area (Å²) >= 11 is 0. The van der Waals surface area contributed by atoms with Crippen molar-refractivity contribution in [3.05, 3.63) is 83.9 Å². The van der Waals surface area contributed by atoms with Gasteiger partial charge >= 0.3 is 0 Å². The minimum absolute atomic E-state index is 0.0528. The summed E-state index contributed by atoms with van der Waals surface area (Å²) in [6.07, 6.45) is 2.22. The van der Waals surface area contributed by atoms with E-state index in [-0.39, 0.29) is 5.41 Å². The molecule has 3 aromatic carbocycles. The fraction of sp³-hybridized carbons (Fsp3) is 0.143. The molecule has 1 heteroatoms. The molecule has 4 rings (SSSR count). The molecule has 0 aromatic heterocycles. The summed E-state index contributed by atoms with van der Waals surface area (Å²) in [5, 5.41) is 2.47. The van der Waals surface area contributed by atoms with Crippen LogP contribution in [-0.2, 0) is 5.41 Å². The molecule has 0 saturated carbocycles. The zero-order valence-electron chi connectivity index (χ0n) is 12.8. The first-order valence-corrected chi connectivity index (χ1v) is 7.63. The maximum Gasteiger partial charge on any atom is 0.132 e. The fourth-order valence-electron chi connectivity index (χ4n) is 3.11. The SMILES string of the molecule is CC1(C)C=C(c2ccccc2)Oc2cc3ccccc3cc21. The normalized spacial score (nSPS) is 15.8. The van der Waals surface area contributed by atoms with Crippen molar-refractivity contribution in [3.63, 3.8) is 0 Å². The molecule has 3 aromatic rings. The maximum atomic E-state index is 6.22. The smallest absolute Gasteiger partial charge is 0.132 e. The summed E-state index contributed by atoms with van der Waals surface area (Å²) in [7, 11) is 0. The third-order valence-electron chi connectivity index (χ3n) is 4.31. The Hall–Kier alpha value is -2.54. The molecule has 1 aliphatic rings. The molecule has 0 N–H and O–H groups in total. The molecule has 22 heavy (non-hydrogen) atoms. The number of ether oxygens (including phenoxy) is 1. The summed E-state index contributed by atoms with van der Waals surface area (Å²) in [6.45, 7) is 4.48. The van der Waals surface area contributed by atoms with E-state index in [0.717, 1.165) is 17.1 Å². The van der Waals surface area contributed by atoms with Gasteiger partial charge in [-0.1, -0.05) is 68.4 Å². The summed E-state index contributed by atoms with van der Waals surface area (Å²) in [5.74, 6) is 1.90. The highest BCUT2D eigenvalue weighted by Crippen LogP contribution is 2.42. The van der Waals surface area contributed by atoms with Crippen LogP contribution in [-0.4, -0.2) is 0 Å². The first-order valence-electron chi connectivity index (χ1n) is 7.63. The highest BCUT2D eigenvalue weighted by Gasteiger charge is 2.29. The van der Waals surface area contributed by atoms with Gasteiger partial charge in [0.15, 0.2) is 0 Å². The Balaban J connectivity index is 1.89. The number of benzene rings is 3. The quantitative estimate of drug-likeness (QED) is 0.570. The van der Waals surface area contributed by atoms with Gasteiger partial charge in [-0.15, -0.1) is 0 Å². The van der Waals surface area contributed by atoms with E-state index >= 15 is 0 Å². The number of fused-ring (bicyclic) bond motifs is 2. The van der Waals surface area contributed by atoms with Crippen LogP contribution in [0.4, 0.5) is 0 Å². The molecule has 0 spiro atoms. The van der Waals surface area contributed by atoms with Gasteiger partial charge in [0.2, 0.25) is 0 Å². The van der Waals surface area contributed by atoms with Crippen molar-refractivity contribution < 1.29 is 4.74 Å². The first-order chi connectivity index (χ1) is 10.6. The lowest BCUT2D eigenvalue weighted by molar-refractivity contribution is 0.462. The van der Waals surface area contributed by atoms with Crippen molar-refractivity contribution in [2.75, 3.05) is 0 Å². The monoisotopic (exact) mass is 286 g/mol. The highest BCUT2D eigenvalue weighted by molar-refractivity contribution is 5.86. The Morgan fingerprint density at radius 3 is 2.14 bits per heavy atom. The zero-order chi connectivity index (χ0) is 15.2. The van der Waals surface area contributed by atoms with E-state index in [1.54, 1.807) is 0 Å². The average Bonchev–Trinajstić information content (AvgIpc) is 2.53. The van der Waals surface area contributed by atoms with Gasteiger partial charge in [-0.3, -0.25) is 0 Å². The van der Waals surface area contributed by atoms with Crippen molar-refractivity contribution >= 4 is 16.5 Å². The lowest BCUT2D eigenvalue weighted by atomic mass is 9.80. The largest absolute Gasteiger partial charge is 0.457 e. The number of hydrogen-bond donors (Lipinski definition) is 0. The van der Waals surface area contributed by atoms with Gasteiger partial charge in [0.1, 0.15) is 11.5 Å². The standard InChI is InChI=1S/C21H18O/c1-21(2)14-20(15-8-4-3-5-9-15)22-19-13-17-11-7-6-10-16(17)12-18(19)21/h3-14H,1-2H3. The van der Waals surface area contributed by atoms with Crippen LogP contribution >= 0.6 is 0 Å². The zero-order valence-corrected chi connectivity index (χ0v) is 12.8. The molecule has 0 saturated heterocycles. The van der Waals surface area contributed by atoms with E-state index in [9.17, 15) is 0 Å². The van der Waals surface area contributed by atoms with Crippen LogP contribution in [0.1, 0.15) is 25.0 Å². The number of hydrogen-bond acceptors (Lipinski definition) is 1. The lowest BCUT2D eigenvalue weighted by Gasteiger charge is -2.31. The summed E-state index contributed by atoms with van der Waals surface area (Å²) in [4.78, 5) is 0. The van der Waals surface area contributed by atoms with Gasteiger partial charge < -0.3 is 4.74 Å². The molecule has 0 bridgehead atoms. The molecule has 0 amide bonds. The van der Waals surface area contributed by atoms with E-state index in [2.05, 4.69) is 68.5 Å². The average molecular weight is 286 g/mol. The minimum atomic E-state index is -0.0528. The Morgan fingerprint density at radius 2 is 1.41 bits per heavy atom. The summed E-state index contributed by atoms with van der Waals surface area (Å²) < 4.78 is 6.22. The van der Waals surface area contributed by atoms with Crippen LogP contribution in [0.25, 0.3) is 16.5 Å². The Morgan fingerprint density at radius 1 is 0.773 bits per heavy atom.